The molecule has 0 spiro atoms. The molecule has 3 aromatic rings. The van der Waals surface area contributed by atoms with Crippen molar-refractivity contribution < 1.29 is 18.4 Å². The van der Waals surface area contributed by atoms with E-state index in [9.17, 15) is 4.79 Å². The van der Waals surface area contributed by atoms with Gasteiger partial charge in [0.15, 0.2) is 6.61 Å². The molecule has 6 heteroatoms. The lowest BCUT2D eigenvalue weighted by molar-refractivity contribution is -0.135. The minimum absolute atomic E-state index is 0.0819. The number of rotatable bonds is 7. The van der Waals surface area contributed by atoms with Gasteiger partial charge in [-0.25, -0.2) is 0 Å². The van der Waals surface area contributed by atoms with E-state index in [1.165, 1.54) is 0 Å². The molecule has 26 heavy (non-hydrogen) atoms. The molecule has 0 bridgehead atoms. The number of hydrogen-bond donors (Lipinski definition) is 0. The van der Waals surface area contributed by atoms with Crippen molar-refractivity contribution in [2.24, 2.45) is 0 Å². The molecule has 0 saturated carbocycles. The molecule has 2 heterocycles. The Bertz CT molecular complexity index is 870. The first-order chi connectivity index (χ1) is 12.5. The molecule has 0 aliphatic carbocycles. The second kappa shape index (κ2) is 8.15. The Morgan fingerprint density at radius 2 is 1.92 bits per heavy atom. The van der Waals surface area contributed by atoms with Crippen molar-refractivity contribution in [1.29, 1.82) is 0 Å². The Morgan fingerprint density at radius 3 is 2.58 bits per heavy atom. The number of nitrogens with zero attached hydrogens (tertiary/aromatic N) is 1. The summed E-state index contributed by atoms with van der Waals surface area (Å²) in [6, 6.07) is 12.7. The SMILES string of the molecule is Cc1ccc(CN(Cc2ccco2)C(=O)COc2ccc(Cl)c(C)c2)o1. The molecule has 5 nitrogen and oxygen atoms in total. The zero-order valence-electron chi connectivity index (χ0n) is 14.7. The highest BCUT2D eigenvalue weighted by Crippen LogP contribution is 2.21. The molecular formula is C20H20ClNO4. The summed E-state index contributed by atoms with van der Waals surface area (Å²) in [4.78, 5) is 14.3. The first kappa shape index (κ1) is 18.1. The number of benzene rings is 1. The number of halogens is 1. The highest BCUT2D eigenvalue weighted by Gasteiger charge is 2.18. The summed E-state index contributed by atoms with van der Waals surface area (Å²) in [6.45, 7) is 4.36. The number of aryl methyl sites for hydroxylation is 2. The molecule has 2 aromatic heterocycles. The first-order valence-electron chi connectivity index (χ1n) is 8.25. The number of amides is 1. The maximum atomic E-state index is 12.7. The standard InChI is InChI=1S/C20H20ClNO4/c1-14-10-16(7-8-19(14)21)25-13-20(23)22(11-17-4-3-9-24-17)12-18-6-5-15(2)26-18/h3-10H,11-13H2,1-2H3. The van der Waals surface area contributed by atoms with Gasteiger partial charge in [0.25, 0.3) is 5.91 Å². The second-order valence-electron chi connectivity index (χ2n) is 6.04. The minimum atomic E-state index is -0.164. The highest BCUT2D eigenvalue weighted by molar-refractivity contribution is 6.31. The van der Waals surface area contributed by atoms with E-state index >= 15 is 0 Å². The van der Waals surface area contributed by atoms with Gasteiger partial charge in [-0.15, -0.1) is 0 Å². The molecule has 0 fully saturated rings. The molecule has 0 atom stereocenters. The zero-order valence-corrected chi connectivity index (χ0v) is 15.5. The van der Waals surface area contributed by atoms with E-state index in [0.29, 0.717) is 35.4 Å². The van der Waals surface area contributed by atoms with Gasteiger partial charge in [-0.2, -0.15) is 0 Å². The predicted octanol–water partition coefficient (Wildman–Crippen LogP) is 4.75. The van der Waals surface area contributed by atoms with Crippen molar-refractivity contribution in [1.82, 2.24) is 4.90 Å². The van der Waals surface area contributed by atoms with Crippen LogP contribution in [0, 0.1) is 13.8 Å². The summed E-state index contributed by atoms with van der Waals surface area (Å²) < 4.78 is 16.6. The second-order valence-corrected chi connectivity index (χ2v) is 6.45. The quantitative estimate of drug-likeness (QED) is 0.599. The molecule has 0 aliphatic heterocycles. The van der Waals surface area contributed by atoms with Crippen LogP contribution in [0.3, 0.4) is 0 Å². The Morgan fingerprint density at radius 1 is 1.12 bits per heavy atom. The minimum Gasteiger partial charge on any atom is -0.484 e. The summed E-state index contributed by atoms with van der Waals surface area (Å²) in [5, 5.41) is 0.663. The van der Waals surface area contributed by atoms with Crippen LogP contribution in [0.2, 0.25) is 5.02 Å². The van der Waals surface area contributed by atoms with Crippen molar-refractivity contribution in [3.8, 4) is 5.75 Å². The molecule has 0 unspecified atom stereocenters. The molecule has 0 radical (unpaired) electrons. The summed E-state index contributed by atoms with van der Waals surface area (Å²) in [5.74, 6) is 2.65. The summed E-state index contributed by atoms with van der Waals surface area (Å²) in [6.07, 6.45) is 1.59. The molecule has 1 aromatic carbocycles. The van der Waals surface area contributed by atoms with E-state index in [4.69, 9.17) is 25.2 Å². The van der Waals surface area contributed by atoms with E-state index in [2.05, 4.69) is 0 Å². The summed E-state index contributed by atoms with van der Waals surface area (Å²) >= 11 is 6.01. The van der Waals surface area contributed by atoms with E-state index in [0.717, 1.165) is 11.3 Å². The summed E-state index contributed by atoms with van der Waals surface area (Å²) in [5.41, 5.74) is 0.898. The molecular weight excluding hydrogens is 354 g/mol. The van der Waals surface area contributed by atoms with E-state index in [-0.39, 0.29) is 12.5 Å². The van der Waals surface area contributed by atoms with Gasteiger partial charge < -0.3 is 18.5 Å². The molecule has 0 N–H and O–H groups in total. The van der Waals surface area contributed by atoms with Crippen LogP contribution in [0.5, 0.6) is 5.75 Å². The summed E-state index contributed by atoms with van der Waals surface area (Å²) in [7, 11) is 0. The third-order valence-corrected chi connectivity index (χ3v) is 4.34. The van der Waals surface area contributed by atoms with Crippen LogP contribution in [0.1, 0.15) is 22.8 Å². The van der Waals surface area contributed by atoms with E-state index in [1.54, 1.807) is 29.4 Å². The average Bonchev–Trinajstić information content (AvgIpc) is 3.27. The van der Waals surface area contributed by atoms with Crippen LogP contribution in [-0.2, 0) is 17.9 Å². The molecule has 3 rings (SSSR count). The number of carbonyl (C=O) groups excluding carboxylic acids is 1. The van der Waals surface area contributed by atoms with Gasteiger partial charge >= 0.3 is 0 Å². The number of carbonyl (C=O) groups is 1. The Hall–Kier alpha value is -2.66. The third-order valence-electron chi connectivity index (χ3n) is 3.91. The predicted molar refractivity (Wildman–Crippen MR) is 98.1 cm³/mol. The topological polar surface area (TPSA) is 55.8 Å². The average molecular weight is 374 g/mol. The van der Waals surface area contributed by atoms with Crippen LogP contribution in [0.4, 0.5) is 0 Å². The van der Waals surface area contributed by atoms with Gasteiger partial charge in [0.2, 0.25) is 0 Å². The fraction of sp³-hybridized carbons (Fsp3) is 0.250. The first-order valence-corrected chi connectivity index (χ1v) is 8.63. The third kappa shape index (κ3) is 4.70. The van der Waals surface area contributed by atoms with Gasteiger partial charge in [0.1, 0.15) is 23.0 Å². The van der Waals surface area contributed by atoms with Crippen molar-refractivity contribution >= 4 is 17.5 Å². The molecule has 1 amide bonds. The molecule has 0 saturated heterocycles. The van der Waals surface area contributed by atoms with E-state index < -0.39 is 0 Å². The number of ether oxygens (including phenoxy) is 1. The van der Waals surface area contributed by atoms with Crippen molar-refractivity contribution in [3.63, 3.8) is 0 Å². The van der Waals surface area contributed by atoms with Crippen molar-refractivity contribution in [3.05, 3.63) is 76.6 Å². The Balaban J connectivity index is 1.67. The maximum absolute atomic E-state index is 12.7. The van der Waals surface area contributed by atoms with Gasteiger partial charge in [-0.3, -0.25) is 4.79 Å². The van der Waals surface area contributed by atoms with Crippen LogP contribution in [-0.4, -0.2) is 17.4 Å². The highest BCUT2D eigenvalue weighted by atomic mass is 35.5. The lowest BCUT2D eigenvalue weighted by Crippen LogP contribution is -2.33. The molecule has 136 valence electrons. The smallest absolute Gasteiger partial charge is 0.261 e. The normalized spacial score (nSPS) is 10.7. The monoisotopic (exact) mass is 373 g/mol. The number of furan rings is 2. The van der Waals surface area contributed by atoms with Gasteiger partial charge in [0, 0.05) is 5.02 Å². The van der Waals surface area contributed by atoms with Crippen LogP contribution in [0.25, 0.3) is 0 Å². The van der Waals surface area contributed by atoms with Gasteiger partial charge in [-0.05, 0) is 61.9 Å². The van der Waals surface area contributed by atoms with Crippen LogP contribution in [0.15, 0.2) is 57.6 Å². The van der Waals surface area contributed by atoms with Crippen LogP contribution >= 0.6 is 11.6 Å². The van der Waals surface area contributed by atoms with Gasteiger partial charge in [-0.1, -0.05) is 11.6 Å². The zero-order chi connectivity index (χ0) is 18.5. The largest absolute Gasteiger partial charge is 0.484 e. The fourth-order valence-corrected chi connectivity index (χ4v) is 2.64. The fourth-order valence-electron chi connectivity index (χ4n) is 2.52. The lowest BCUT2D eigenvalue weighted by Gasteiger charge is -2.21. The lowest BCUT2D eigenvalue weighted by atomic mass is 10.2. The van der Waals surface area contributed by atoms with Crippen LogP contribution < -0.4 is 4.74 Å². The number of hydrogen-bond acceptors (Lipinski definition) is 4. The molecule has 0 aliphatic rings. The maximum Gasteiger partial charge on any atom is 0.261 e. The Labute approximate surface area is 157 Å². The van der Waals surface area contributed by atoms with Crippen molar-refractivity contribution in [2.75, 3.05) is 6.61 Å². The van der Waals surface area contributed by atoms with Crippen molar-refractivity contribution in [2.45, 2.75) is 26.9 Å². The Kier molecular flexibility index (Phi) is 5.68. The van der Waals surface area contributed by atoms with Gasteiger partial charge in [0.05, 0.1) is 19.4 Å². The van der Waals surface area contributed by atoms with E-state index in [1.807, 2.05) is 38.1 Å².